The zero-order valence-corrected chi connectivity index (χ0v) is 11.1. The minimum Gasteiger partial charge on any atom is -0.475 e. The van der Waals surface area contributed by atoms with Gasteiger partial charge in [0.2, 0.25) is 11.8 Å². The van der Waals surface area contributed by atoms with Crippen LogP contribution in [0.2, 0.25) is 0 Å². The third-order valence-corrected chi connectivity index (χ3v) is 2.12. The Morgan fingerprint density at radius 3 is 2.28 bits per heavy atom. The van der Waals surface area contributed by atoms with Crippen molar-refractivity contribution in [3.63, 3.8) is 0 Å². The second kappa shape index (κ2) is 6.35. The van der Waals surface area contributed by atoms with E-state index in [1.807, 2.05) is 13.8 Å². The van der Waals surface area contributed by atoms with Crippen molar-refractivity contribution in [3.05, 3.63) is 17.7 Å². The van der Waals surface area contributed by atoms with Crippen molar-refractivity contribution < 1.29 is 19.4 Å². The molecule has 0 bridgehead atoms. The zero-order chi connectivity index (χ0) is 13.7. The fraction of sp³-hybridized carbons (Fsp3) is 0.538. The average Bonchev–Trinajstić information content (AvgIpc) is 2.27. The van der Waals surface area contributed by atoms with E-state index in [0.717, 1.165) is 0 Å². The van der Waals surface area contributed by atoms with E-state index < -0.39 is 0 Å². The van der Waals surface area contributed by atoms with Gasteiger partial charge in [-0.25, -0.2) is 0 Å². The van der Waals surface area contributed by atoms with Crippen LogP contribution in [0.1, 0.15) is 38.1 Å². The van der Waals surface area contributed by atoms with Crippen LogP contribution in [0.15, 0.2) is 12.1 Å². The maximum Gasteiger partial charge on any atom is 0.217 e. The molecule has 5 heteroatoms. The van der Waals surface area contributed by atoms with Gasteiger partial charge in [-0.1, -0.05) is 0 Å². The number of rotatable bonds is 6. The van der Waals surface area contributed by atoms with Crippen molar-refractivity contribution in [2.24, 2.45) is 0 Å². The van der Waals surface area contributed by atoms with E-state index >= 15 is 0 Å². The second-order valence-electron chi connectivity index (χ2n) is 4.37. The Hall–Kier alpha value is -1.62. The fourth-order valence-electron chi connectivity index (χ4n) is 1.29. The predicted molar refractivity (Wildman–Crippen MR) is 67.2 cm³/mol. The molecule has 0 aromatic carbocycles. The van der Waals surface area contributed by atoms with E-state index in [4.69, 9.17) is 14.6 Å². The Kier molecular flexibility index (Phi) is 5.09. The van der Waals surface area contributed by atoms with E-state index in [0.29, 0.717) is 11.4 Å². The molecule has 1 N–H and O–H groups in total. The summed E-state index contributed by atoms with van der Waals surface area (Å²) in [5.41, 5.74) is 0.473. The lowest BCUT2D eigenvalue weighted by atomic mass is 10.2. The number of aliphatic hydroxyl groups excluding tert-OH is 1. The summed E-state index contributed by atoms with van der Waals surface area (Å²) in [5, 5.41) is 8.94. The highest BCUT2D eigenvalue weighted by atomic mass is 16.5. The van der Waals surface area contributed by atoms with E-state index in [9.17, 15) is 4.79 Å². The van der Waals surface area contributed by atoms with Crippen LogP contribution in [0.5, 0.6) is 11.8 Å². The van der Waals surface area contributed by atoms with Crippen LogP contribution in [0.25, 0.3) is 0 Å². The molecule has 0 radical (unpaired) electrons. The molecule has 1 aromatic rings. The number of hydrogen-bond acceptors (Lipinski definition) is 5. The van der Waals surface area contributed by atoms with Gasteiger partial charge in [-0.3, -0.25) is 4.79 Å². The standard InChI is InChI=1S/C13H19NO4/c1-8(2)17-12-5-11(10(4)16)6-13(14-12)18-9(3)7-15/h5-6,8-9,15H,7H2,1-4H3/t9-/m0/s1. The predicted octanol–water partition coefficient (Wildman–Crippen LogP) is 1.83. The van der Waals surface area contributed by atoms with Crippen LogP contribution in [-0.2, 0) is 0 Å². The van der Waals surface area contributed by atoms with Gasteiger partial charge in [0, 0.05) is 17.7 Å². The van der Waals surface area contributed by atoms with E-state index in [1.165, 1.54) is 6.92 Å². The summed E-state index contributed by atoms with van der Waals surface area (Å²) in [6.45, 7) is 6.81. The second-order valence-corrected chi connectivity index (χ2v) is 4.37. The zero-order valence-electron chi connectivity index (χ0n) is 11.1. The highest BCUT2D eigenvalue weighted by Gasteiger charge is 2.11. The van der Waals surface area contributed by atoms with Gasteiger partial charge in [0.1, 0.15) is 6.10 Å². The lowest BCUT2D eigenvalue weighted by Crippen LogP contribution is -2.17. The summed E-state index contributed by atoms with van der Waals surface area (Å²) in [6.07, 6.45) is -0.422. The third-order valence-electron chi connectivity index (χ3n) is 2.12. The molecule has 0 saturated heterocycles. The number of carbonyl (C=O) groups excluding carboxylic acids is 1. The summed E-state index contributed by atoms with van der Waals surface area (Å²) in [6, 6.07) is 3.13. The highest BCUT2D eigenvalue weighted by Crippen LogP contribution is 2.20. The quantitative estimate of drug-likeness (QED) is 0.783. The van der Waals surface area contributed by atoms with Crippen LogP contribution in [0.3, 0.4) is 0 Å². The first kappa shape index (κ1) is 14.4. The first-order valence-corrected chi connectivity index (χ1v) is 5.89. The molecule has 0 amide bonds. The summed E-state index contributed by atoms with van der Waals surface area (Å²) in [4.78, 5) is 15.5. The largest absolute Gasteiger partial charge is 0.475 e. The topological polar surface area (TPSA) is 68.7 Å². The molecule has 18 heavy (non-hydrogen) atoms. The minimum atomic E-state index is -0.383. The van der Waals surface area contributed by atoms with Crippen molar-refractivity contribution in [1.29, 1.82) is 0 Å². The third kappa shape index (κ3) is 4.33. The molecule has 0 spiro atoms. The number of carbonyl (C=O) groups is 1. The van der Waals surface area contributed by atoms with E-state index in [2.05, 4.69) is 4.98 Å². The molecule has 0 fully saturated rings. The number of nitrogens with zero attached hydrogens (tertiary/aromatic N) is 1. The molecule has 0 aliphatic rings. The smallest absolute Gasteiger partial charge is 0.217 e. The summed E-state index contributed by atoms with van der Waals surface area (Å²) >= 11 is 0. The monoisotopic (exact) mass is 253 g/mol. The van der Waals surface area contributed by atoms with Crippen LogP contribution in [0, 0.1) is 0 Å². The lowest BCUT2D eigenvalue weighted by Gasteiger charge is -2.14. The molecular formula is C13H19NO4. The van der Waals surface area contributed by atoms with Crippen molar-refractivity contribution >= 4 is 5.78 Å². The number of hydrogen-bond donors (Lipinski definition) is 1. The molecule has 0 unspecified atom stereocenters. The number of Topliss-reactive ketones (excluding diaryl/α,β-unsaturated/α-hetero) is 1. The Balaban J connectivity index is 3.01. The van der Waals surface area contributed by atoms with Gasteiger partial charge in [0.25, 0.3) is 0 Å². The first-order valence-electron chi connectivity index (χ1n) is 5.89. The van der Waals surface area contributed by atoms with Crippen molar-refractivity contribution in [3.8, 4) is 11.8 Å². The Morgan fingerprint density at radius 2 is 1.83 bits per heavy atom. The first-order chi connectivity index (χ1) is 8.42. The number of aliphatic hydroxyl groups is 1. The van der Waals surface area contributed by atoms with Gasteiger partial charge >= 0.3 is 0 Å². The molecule has 1 aromatic heterocycles. The Bertz CT molecular complexity index is 417. The van der Waals surface area contributed by atoms with Crippen LogP contribution < -0.4 is 9.47 Å². The van der Waals surface area contributed by atoms with Gasteiger partial charge in [-0.2, -0.15) is 4.98 Å². The Morgan fingerprint density at radius 1 is 1.28 bits per heavy atom. The molecule has 1 heterocycles. The lowest BCUT2D eigenvalue weighted by molar-refractivity contribution is 0.101. The molecule has 1 rings (SSSR count). The summed E-state index contributed by atoms with van der Waals surface area (Å²) in [5.74, 6) is 0.533. The fourth-order valence-corrected chi connectivity index (χ4v) is 1.29. The number of pyridine rings is 1. The summed E-state index contributed by atoms with van der Waals surface area (Å²) < 4.78 is 10.8. The van der Waals surface area contributed by atoms with Crippen LogP contribution >= 0.6 is 0 Å². The van der Waals surface area contributed by atoms with Crippen LogP contribution in [0.4, 0.5) is 0 Å². The Labute approximate surface area is 107 Å². The van der Waals surface area contributed by atoms with E-state index in [1.54, 1.807) is 19.1 Å². The van der Waals surface area contributed by atoms with Gasteiger partial charge in [-0.15, -0.1) is 0 Å². The van der Waals surface area contributed by atoms with E-state index in [-0.39, 0.29) is 30.5 Å². The average molecular weight is 253 g/mol. The van der Waals surface area contributed by atoms with Crippen LogP contribution in [-0.4, -0.2) is 34.7 Å². The molecule has 0 saturated carbocycles. The summed E-state index contributed by atoms with van der Waals surface area (Å²) in [7, 11) is 0. The van der Waals surface area contributed by atoms with Crippen molar-refractivity contribution in [2.75, 3.05) is 6.61 Å². The maximum atomic E-state index is 11.4. The van der Waals surface area contributed by atoms with Gasteiger partial charge < -0.3 is 14.6 Å². The molecule has 100 valence electrons. The van der Waals surface area contributed by atoms with Gasteiger partial charge in [0.15, 0.2) is 5.78 Å². The SMILES string of the molecule is CC(=O)c1cc(OC(C)C)nc(O[C@@H](C)CO)c1. The van der Waals surface area contributed by atoms with Crippen molar-refractivity contribution in [2.45, 2.75) is 39.9 Å². The highest BCUT2D eigenvalue weighted by molar-refractivity contribution is 5.94. The molecular weight excluding hydrogens is 234 g/mol. The number of aromatic nitrogens is 1. The van der Waals surface area contributed by atoms with Crippen molar-refractivity contribution in [1.82, 2.24) is 4.98 Å². The molecule has 5 nitrogen and oxygen atoms in total. The molecule has 1 atom stereocenters. The van der Waals surface area contributed by atoms with Gasteiger partial charge in [0.05, 0.1) is 12.7 Å². The molecule has 0 aliphatic carbocycles. The normalized spacial score (nSPS) is 12.3. The van der Waals surface area contributed by atoms with Gasteiger partial charge in [-0.05, 0) is 27.7 Å². The minimum absolute atomic E-state index is 0.0391. The molecule has 0 aliphatic heterocycles. The number of ketones is 1. The number of ether oxygens (including phenoxy) is 2. The maximum absolute atomic E-state index is 11.4.